The maximum Gasteiger partial charge on any atom is 0.407 e. The van der Waals surface area contributed by atoms with Gasteiger partial charge in [0.05, 0.1) is 5.39 Å². The molecule has 0 bridgehead atoms. The number of nitrogens with one attached hydrogen (secondary N) is 1. The molecule has 5 heteroatoms. The van der Waals surface area contributed by atoms with Gasteiger partial charge in [-0.3, -0.25) is 4.79 Å². The highest BCUT2D eigenvalue weighted by molar-refractivity contribution is 6.30. The Kier molecular flexibility index (Phi) is 4.26. The van der Waals surface area contributed by atoms with Gasteiger partial charge in [-0.2, -0.15) is 0 Å². The third-order valence-corrected chi connectivity index (χ3v) is 8.30. The minimum Gasteiger partial charge on any atom is -0.414 e. The number of benzene rings is 3. The van der Waals surface area contributed by atoms with Crippen LogP contribution in [0.3, 0.4) is 0 Å². The molecule has 1 saturated carbocycles. The normalized spacial score (nSPS) is 21.9. The summed E-state index contributed by atoms with van der Waals surface area (Å²) in [7, 11) is 0. The van der Waals surface area contributed by atoms with E-state index >= 15 is 0 Å². The van der Waals surface area contributed by atoms with Crippen LogP contribution in [0.25, 0.3) is 16.5 Å². The van der Waals surface area contributed by atoms with Gasteiger partial charge in [-0.1, -0.05) is 93.9 Å². The van der Waals surface area contributed by atoms with Crippen molar-refractivity contribution in [2.24, 2.45) is 10.8 Å². The lowest BCUT2D eigenvalue weighted by Gasteiger charge is -2.26. The highest BCUT2D eigenvalue weighted by Crippen LogP contribution is 2.71. The molecule has 0 amide bonds. The fourth-order valence-corrected chi connectivity index (χ4v) is 5.76. The summed E-state index contributed by atoms with van der Waals surface area (Å²) < 4.78 is 8.95. The van der Waals surface area contributed by atoms with Crippen LogP contribution in [-0.4, -0.2) is 5.10 Å². The molecule has 1 aromatic heterocycles. The van der Waals surface area contributed by atoms with E-state index in [1.54, 1.807) is 0 Å². The molecule has 34 heavy (non-hydrogen) atoms. The van der Waals surface area contributed by atoms with Crippen LogP contribution in [0.5, 0.6) is 5.88 Å². The number of H-pyrrole nitrogens is 1. The average molecular weight is 470 g/mol. The van der Waals surface area contributed by atoms with Gasteiger partial charge in [0.1, 0.15) is 5.39 Å². The minimum atomic E-state index is -0.952. The third kappa shape index (κ3) is 2.60. The van der Waals surface area contributed by atoms with Crippen LogP contribution < -0.4 is 15.0 Å². The highest BCUT2D eigenvalue weighted by Gasteiger charge is 2.70. The topological polar surface area (TPSA) is 46.0 Å². The summed E-state index contributed by atoms with van der Waals surface area (Å²) in [5, 5.41) is 5.19. The summed E-state index contributed by atoms with van der Waals surface area (Å²) in [6, 6.07) is 25.6. The number of ether oxygens (including phenoxy) is 1. The van der Waals surface area contributed by atoms with Crippen molar-refractivity contribution in [2.75, 3.05) is 0 Å². The largest absolute Gasteiger partial charge is 0.414 e. The molecule has 1 atom stereocenters. The second kappa shape index (κ2) is 6.83. The Hall–Kier alpha value is -3.37. The van der Waals surface area contributed by atoms with Crippen molar-refractivity contribution in [3.8, 4) is 5.88 Å². The van der Waals surface area contributed by atoms with Gasteiger partial charge < -0.3 is 4.74 Å². The first kappa shape index (κ1) is 21.2. The van der Waals surface area contributed by atoms with E-state index < -0.39 is 5.60 Å². The Bertz CT molecular complexity index is 1530. The van der Waals surface area contributed by atoms with Crippen LogP contribution >= 0.6 is 11.6 Å². The van der Waals surface area contributed by atoms with Crippen LogP contribution in [0.1, 0.15) is 38.8 Å². The van der Waals surface area contributed by atoms with Crippen molar-refractivity contribution in [3.05, 3.63) is 111 Å². The van der Waals surface area contributed by atoms with Crippen LogP contribution in [-0.2, 0) is 5.60 Å². The van der Waals surface area contributed by atoms with Crippen molar-refractivity contribution >= 4 is 28.1 Å². The molecule has 4 nitrogen and oxygen atoms in total. The van der Waals surface area contributed by atoms with E-state index in [0.29, 0.717) is 16.3 Å². The van der Waals surface area contributed by atoms with E-state index in [2.05, 4.69) is 44.9 Å². The number of fused-ring (bicyclic) bond motifs is 3. The second-order valence-corrected chi connectivity index (χ2v) is 10.7. The Morgan fingerprint density at radius 1 is 0.765 bits per heavy atom. The average Bonchev–Trinajstić information content (AvgIpc) is 3.07. The van der Waals surface area contributed by atoms with Gasteiger partial charge in [0.25, 0.3) is 11.3 Å². The van der Waals surface area contributed by atoms with Crippen LogP contribution in [0.4, 0.5) is 0 Å². The SMILES string of the molecule is CC1(C)C(=C2[n+]3[nH]c(=O)c4ccccc4c3OC2(c2ccccc2)c2ccc(Cl)cc2)C1(C)C. The number of aromatic nitrogens is 2. The van der Waals surface area contributed by atoms with Crippen LogP contribution in [0.15, 0.2) is 89.2 Å². The smallest absolute Gasteiger partial charge is 0.407 e. The molecule has 1 fully saturated rings. The highest BCUT2D eigenvalue weighted by atomic mass is 35.5. The molecule has 0 spiro atoms. The fraction of sp³-hybridized carbons (Fsp3) is 0.241. The maximum atomic E-state index is 13.2. The maximum absolute atomic E-state index is 13.2. The Balaban J connectivity index is 1.81. The lowest BCUT2D eigenvalue weighted by Crippen LogP contribution is -2.44. The van der Waals surface area contributed by atoms with Gasteiger partial charge in [-0.05, 0) is 28.9 Å². The molecule has 6 rings (SSSR count). The van der Waals surface area contributed by atoms with E-state index in [9.17, 15) is 4.79 Å². The molecule has 3 aromatic carbocycles. The van der Waals surface area contributed by atoms with Crippen molar-refractivity contribution in [1.29, 1.82) is 0 Å². The molecule has 0 radical (unpaired) electrons. The lowest BCUT2D eigenvalue weighted by molar-refractivity contribution is -0.639. The van der Waals surface area contributed by atoms with Gasteiger partial charge in [-0.15, -0.1) is 5.10 Å². The van der Waals surface area contributed by atoms with E-state index in [1.165, 1.54) is 5.57 Å². The number of halogens is 1. The number of aromatic amines is 1. The molecule has 1 aliphatic carbocycles. The number of hydrogen-bond donors (Lipinski definition) is 1. The van der Waals surface area contributed by atoms with E-state index in [1.807, 2.05) is 71.4 Å². The van der Waals surface area contributed by atoms with E-state index in [4.69, 9.17) is 16.3 Å². The molecule has 170 valence electrons. The number of hydrogen-bond acceptors (Lipinski definition) is 2. The van der Waals surface area contributed by atoms with Crippen molar-refractivity contribution in [2.45, 2.75) is 33.3 Å². The third-order valence-electron chi connectivity index (χ3n) is 8.04. The Morgan fingerprint density at radius 3 is 1.94 bits per heavy atom. The number of nitrogens with zero attached hydrogens (tertiary/aromatic N) is 1. The standard InChI is InChI=1S/C29H25ClN2O2/c1-27(2)23(28(27,3)4)24-29(18-10-6-5-7-11-18,19-14-16-20(30)17-15-19)34-26-22-13-9-8-12-21(22)25(33)31-32(24)26/h5-17H,1-4H3/p+1. The van der Waals surface area contributed by atoms with Gasteiger partial charge in [-0.25, -0.2) is 0 Å². The monoisotopic (exact) mass is 469 g/mol. The van der Waals surface area contributed by atoms with Gasteiger partial charge in [0.2, 0.25) is 0 Å². The summed E-state index contributed by atoms with van der Waals surface area (Å²) in [5.41, 5.74) is 2.92. The lowest BCUT2D eigenvalue weighted by atomic mass is 9.82. The zero-order valence-electron chi connectivity index (χ0n) is 19.6. The van der Waals surface area contributed by atoms with Crippen molar-refractivity contribution < 1.29 is 9.42 Å². The summed E-state index contributed by atoms with van der Waals surface area (Å²) in [6.07, 6.45) is 0. The summed E-state index contributed by atoms with van der Waals surface area (Å²) in [6.45, 7) is 9.02. The predicted octanol–water partition coefficient (Wildman–Crippen LogP) is 6.08. The second-order valence-electron chi connectivity index (χ2n) is 10.3. The number of allylic oxidation sites excluding steroid dienone is 1. The Morgan fingerprint density at radius 2 is 1.32 bits per heavy atom. The zero-order valence-corrected chi connectivity index (χ0v) is 20.4. The van der Waals surface area contributed by atoms with E-state index in [0.717, 1.165) is 22.2 Å². The van der Waals surface area contributed by atoms with Gasteiger partial charge >= 0.3 is 11.4 Å². The van der Waals surface area contributed by atoms with Gasteiger partial charge in [0, 0.05) is 32.6 Å². The molecule has 0 saturated heterocycles. The summed E-state index contributed by atoms with van der Waals surface area (Å²) >= 11 is 6.29. The first-order valence-corrected chi connectivity index (χ1v) is 11.9. The summed E-state index contributed by atoms with van der Waals surface area (Å²) in [5.74, 6) is 0.634. The van der Waals surface area contributed by atoms with E-state index in [-0.39, 0.29) is 16.4 Å². The fourth-order valence-electron chi connectivity index (χ4n) is 5.64. The van der Waals surface area contributed by atoms with Crippen LogP contribution in [0.2, 0.25) is 5.02 Å². The molecule has 4 aromatic rings. The molecular weight excluding hydrogens is 444 g/mol. The molecule has 1 aliphatic heterocycles. The molecule has 1 unspecified atom stereocenters. The molecular formula is C29H26ClN2O2+. The first-order valence-electron chi connectivity index (χ1n) is 11.5. The van der Waals surface area contributed by atoms with Crippen molar-refractivity contribution in [1.82, 2.24) is 5.10 Å². The predicted molar refractivity (Wildman–Crippen MR) is 135 cm³/mol. The van der Waals surface area contributed by atoms with Crippen LogP contribution in [0, 0.1) is 10.8 Å². The van der Waals surface area contributed by atoms with Gasteiger partial charge in [0.15, 0.2) is 0 Å². The number of rotatable bonds is 2. The zero-order chi connectivity index (χ0) is 23.9. The summed E-state index contributed by atoms with van der Waals surface area (Å²) in [4.78, 5) is 13.2. The Labute approximate surface area is 203 Å². The molecule has 2 aliphatic rings. The minimum absolute atomic E-state index is 0.0741. The molecule has 1 N–H and O–H groups in total. The molecule has 2 heterocycles. The van der Waals surface area contributed by atoms with Crippen molar-refractivity contribution in [3.63, 3.8) is 0 Å². The quantitative estimate of drug-likeness (QED) is 0.361. The first-order chi connectivity index (χ1) is 16.2.